The zero-order valence-corrected chi connectivity index (χ0v) is 12.9. The van der Waals surface area contributed by atoms with Crippen molar-refractivity contribution in [3.63, 3.8) is 0 Å². The number of hydrogen-bond donors (Lipinski definition) is 0. The SMILES string of the molecule is N#Cc1ccc(S(=O)(=O)N2C[C@@H]3CC=CC[C@H]3C2)c(Cl)c1. The maximum Gasteiger partial charge on any atom is 0.244 e. The number of rotatable bonds is 2. The van der Waals surface area contributed by atoms with Crippen molar-refractivity contribution in [2.24, 2.45) is 11.8 Å². The first-order valence-electron chi connectivity index (χ1n) is 6.87. The lowest BCUT2D eigenvalue weighted by molar-refractivity contribution is 0.411. The molecular weight excluding hydrogens is 308 g/mol. The minimum Gasteiger partial charge on any atom is -0.207 e. The molecule has 0 amide bonds. The largest absolute Gasteiger partial charge is 0.244 e. The van der Waals surface area contributed by atoms with Crippen LogP contribution in [0.3, 0.4) is 0 Å². The van der Waals surface area contributed by atoms with Gasteiger partial charge in [0, 0.05) is 13.1 Å². The molecule has 1 aromatic rings. The lowest BCUT2D eigenvalue weighted by Gasteiger charge is -2.18. The second-order valence-corrected chi connectivity index (χ2v) is 7.86. The molecule has 2 aliphatic rings. The second-order valence-electron chi connectivity index (χ2n) is 5.54. The lowest BCUT2D eigenvalue weighted by atomic mass is 9.86. The number of allylic oxidation sites excluding steroid dienone is 2. The lowest BCUT2D eigenvalue weighted by Crippen LogP contribution is -2.29. The Balaban J connectivity index is 1.90. The van der Waals surface area contributed by atoms with Crippen molar-refractivity contribution >= 4 is 21.6 Å². The van der Waals surface area contributed by atoms with E-state index in [1.165, 1.54) is 22.5 Å². The summed E-state index contributed by atoms with van der Waals surface area (Å²) in [6.07, 6.45) is 6.15. The van der Waals surface area contributed by atoms with Crippen LogP contribution in [-0.2, 0) is 10.0 Å². The van der Waals surface area contributed by atoms with E-state index in [-0.39, 0.29) is 9.92 Å². The summed E-state index contributed by atoms with van der Waals surface area (Å²) in [5.41, 5.74) is 0.359. The summed E-state index contributed by atoms with van der Waals surface area (Å²) in [7, 11) is -3.59. The van der Waals surface area contributed by atoms with Gasteiger partial charge in [-0.15, -0.1) is 0 Å². The van der Waals surface area contributed by atoms with Crippen LogP contribution in [0.25, 0.3) is 0 Å². The molecule has 0 bridgehead atoms. The summed E-state index contributed by atoms with van der Waals surface area (Å²) in [6.45, 7) is 1.10. The number of hydrogen-bond acceptors (Lipinski definition) is 3. The molecule has 1 aliphatic heterocycles. The van der Waals surface area contributed by atoms with E-state index in [1.807, 2.05) is 6.07 Å². The highest BCUT2D eigenvalue weighted by molar-refractivity contribution is 7.89. The highest BCUT2D eigenvalue weighted by atomic mass is 35.5. The van der Waals surface area contributed by atoms with Crippen LogP contribution < -0.4 is 0 Å². The number of fused-ring (bicyclic) bond motifs is 1. The molecule has 0 aromatic heterocycles. The van der Waals surface area contributed by atoms with E-state index >= 15 is 0 Å². The molecule has 0 unspecified atom stereocenters. The summed E-state index contributed by atoms with van der Waals surface area (Å²) in [5.74, 6) is 0.809. The Hall–Kier alpha value is -1.35. The molecule has 0 spiro atoms. The Labute approximate surface area is 129 Å². The van der Waals surface area contributed by atoms with Crippen molar-refractivity contribution in [1.29, 1.82) is 5.26 Å². The molecule has 1 aliphatic carbocycles. The van der Waals surface area contributed by atoms with Crippen LogP contribution >= 0.6 is 11.6 Å². The fraction of sp³-hybridized carbons (Fsp3) is 0.400. The van der Waals surface area contributed by atoms with Gasteiger partial charge < -0.3 is 0 Å². The van der Waals surface area contributed by atoms with E-state index in [1.54, 1.807) is 0 Å². The molecule has 0 N–H and O–H groups in total. The van der Waals surface area contributed by atoms with Crippen molar-refractivity contribution in [1.82, 2.24) is 4.31 Å². The molecular formula is C15H15ClN2O2S. The summed E-state index contributed by atoms with van der Waals surface area (Å²) in [5, 5.41) is 8.95. The third-order valence-electron chi connectivity index (χ3n) is 4.27. The number of nitrogens with zero attached hydrogens (tertiary/aromatic N) is 2. The Bertz CT molecular complexity index is 721. The second kappa shape index (κ2) is 5.45. The van der Waals surface area contributed by atoms with Crippen LogP contribution in [0.2, 0.25) is 5.02 Å². The zero-order valence-electron chi connectivity index (χ0n) is 11.4. The van der Waals surface area contributed by atoms with Crippen molar-refractivity contribution in [3.8, 4) is 6.07 Å². The van der Waals surface area contributed by atoms with Crippen LogP contribution in [0.15, 0.2) is 35.2 Å². The highest BCUT2D eigenvalue weighted by Gasteiger charge is 2.39. The van der Waals surface area contributed by atoms with Crippen molar-refractivity contribution in [3.05, 3.63) is 40.9 Å². The Kier molecular flexibility index (Phi) is 3.78. The van der Waals surface area contributed by atoms with Gasteiger partial charge in [-0.2, -0.15) is 9.57 Å². The number of sulfonamides is 1. The standard InChI is InChI=1S/C15H15ClN2O2S/c16-14-7-11(8-17)5-6-15(14)21(19,20)18-9-12-3-1-2-4-13(12)10-18/h1-2,5-7,12-13H,3-4,9-10H2/t12-,13-/m0/s1. The van der Waals surface area contributed by atoms with Gasteiger partial charge in [-0.05, 0) is 42.9 Å². The van der Waals surface area contributed by atoms with Gasteiger partial charge in [0.05, 0.1) is 16.7 Å². The topological polar surface area (TPSA) is 61.2 Å². The van der Waals surface area contributed by atoms with Crippen LogP contribution in [0.4, 0.5) is 0 Å². The first-order valence-corrected chi connectivity index (χ1v) is 8.69. The quantitative estimate of drug-likeness (QED) is 0.787. The molecule has 1 heterocycles. The summed E-state index contributed by atoms with van der Waals surface area (Å²) < 4.78 is 27.0. The van der Waals surface area contributed by atoms with Gasteiger partial charge in [0.2, 0.25) is 10.0 Å². The number of nitriles is 1. The van der Waals surface area contributed by atoms with E-state index in [2.05, 4.69) is 12.2 Å². The molecule has 1 fully saturated rings. The first kappa shape index (κ1) is 14.6. The third-order valence-corrected chi connectivity index (χ3v) is 6.58. The van der Waals surface area contributed by atoms with Crippen LogP contribution in [0.5, 0.6) is 0 Å². The van der Waals surface area contributed by atoms with Gasteiger partial charge in [-0.25, -0.2) is 8.42 Å². The van der Waals surface area contributed by atoms with Crippen LogP contribution in [0.1, 0.15) is 18.4 Å². The zero-order chi connectivity index (χ0) is 15.0. The Morgan fingerprint density at radius 2 is 1.81 bits per heavy atom. The molecule has 1 aromatic carbocycles. The molecule has 0 radical (unpaired) electrons. The van der Waals surface area contributed by atoms with E-state index in [9.17, 15) is 8.42 Å². The number of benzene rings is 1. The van der Waals surface area contributed by atoms with Gasteiger partial charge in [-0.3, -0.25) is 0 Å². The van der Waals surface area contributed by atoms with Crippen molar-refractivity contribution in [2.75, 3.05) is 13.1 Å². The Morgan fingerprint density at radius 3 is 2.33 bits per heavy atom. The van der Waals surface area contributed by atoms with E-state index < -0.39 is 10.0 Å². The molecule has 0 saturated carbocycles. The fourth-order valence-corrected chi connectivity index (χ4v) is 5.16. The van der Waals surface area contributed by atoms with E-state index in [4.69, 9.17) is 16.9 Å². The summed E-state index contributed by atoms with van der Waals surface area (Å²) in [4.78, 5) is 0.0924. The van der Waals surface area contributed by atoms with Crippen LogP contribution in [-0.4, -0.2) is 25.8 Å². The predicted molar refractivity (Wildman–Crippen MR) is 80.3 cm³/mol. The molecule has 21 heavy (non-hydrogen) atoms. The highest BCUT2D eigenvalue weighted by Crippen LogP contribution is 2.36. The van der Waals surface area contributed by atoms with Gasteiger partial charge in [-0.1, -0.05) is 23.8 Å². The maximum atomic E-state index is 12.7. The molecule has 6 heteroatoms. The van der Waals surface area contributed by atoms with E-state index in [0.29, 0.717) is 30.5 Å². The summed E-state index contributed by atoms with van der Waals surface area (Å²) in [6, 6.07) is 6.27. The molecule has 110 valence electrons. The van der Waals surface area contributed by atoms with Crippen molar-refractivity contribution < 1.29 is 8.42 Å². The minimum absolute atomic E-state index is 0.0924. The van der Waals surface area contributed by atoms with Crippen molar-refractivity contribution in [2.45, 2.75) is 17.7 Å². The molecule has 3 rings (SSSR count). The van der Waals surface area contributed by atoms with Crippen LogP contribution in [0, 0.1) is 23.2 Å². The van der Waals surface area contributed by atoms with Gasteiger partial charge in [0.15, 0.2) is 0 Å². The normalized spacial score (nSPS) is 25.5. The molecule has 4 nitrogen and oxygen atoms in total. The van der Waals surface area contributed by atoms with Gasteiger partial charge in [0.1, 0.15) is 4.90 Å². The average Bonchev–Trinajstić information content (AvgIpc) is 2.91. The predicted octanol–water partition coefficient (Wildman–Crippen LogP) is 2.80. The third kappa shape index (κ3) is 2.59. The monoisotopic (exact) mass is 322 g/mol. The smallest absolute Gasteiger partial charge is 0.207 e. The van der Waals surface area contributed by atoms with Gasteiger partial charge in [0.25, 0.3) is 0 Å². The minimum atomic E-state index is -3.59. The van der Waals surface area contributed by atoms with Gasteiger partial charge >= 0.3 is 0 Å². The molecule has 2 atom stereocenters. The molecule has 1 saturated heterocycles. The Morgan fingerprint density at radius 1 is 1.19 bits per heavy atom. The fourth-order valence-electron chi connectivity index (χ4n) is 3.09. The number of halogens is 1. The first-order chi connectivity index (χ1) is 10.0. The summed E-state index contributed by atoms with van der Waals surface area (Å²) >= 11 is 6.05. The average molecular weight is 323 g/mol. The maximum absolute atomic E-state index is 12.7. The van der Waals surface area contributed by atoms with E-state index in [0.717, 1.165) is 12.8 Å².